The smallest absolute Gasteiger partial charge is 0.380 e. The van der Waals surface area contributed by atoms with E-state index in [1.54, 1.807) is 29.2 Å². The van der Waals surface area contributed by atoms with Crippen LogP contribution in [0.3, 0.4) is 0 Å². The molecule has 1 aromatic heterocycles. The van der Waals surface area contributed by atoms with E-state index in [-0.39, 0.29) is 19.1 Å². The number of rotatable bonds is 14. The molecule has 3 aromatic rings. The molecule has 0 saturated heterocycles. The van der Waals surface area contributed by atoms with Gasteiger partial charge in [0.05, 0.1) is 44.0 Å². The van der Waals surface area contributed by atoms with Gasteiger partial charge in [-0.3, -0.25) is 9.59 Å². The average Bonchev–Trinajstić information content (AvgIpc) is 3.31. The molecular weight excluding hydrogens is 515 g/mol. The Morgan fingerprint density at radius 3 is 2.31 bits per heavy atom. The molecule has 0 spiro atoms. The number of amides is 2. The number of nitrogens with zero attached hydrogens (tertiary/aromatic N) is 2. The zero-order valence-electron chi connectivity index (χ0n) is 21.8. The molecule has 0 aliphatic rings. The van der Waals surface area contributed by atoms with Crippen LogP contribution >= 0.6 is 0 Å². The number of benzene rings is 2. The fraction of sp³-hybridized carbons (Fsp3) is 0.370. The quantitative estimate of drug-likeness (QED) is 0.266. The Morgan fingerprint density at radius 2 is 1.72 bits per heavy atom. The van der Waals surface area contributed by atoms with Gasteiger partial charge < -0.3 is 30.4 Å². The minimum absolute atomic E-state index is 0.125. The SMILES string of the molecule is CC(=O)NCCOCCOCCc1c(C(N)=O)ccc(NCc2ccc(C(F)(F)F)cc2)c1-c1cn(C)cn1. The van der Waals surface area contributed by atoms with Gasteiger partial charge in [0.25, 0.3) is 0 Å². The van der Waals surface area contributed by atoms with Gasteiger partial charge in [-0.05, 0) is 41.8 Å². The maximum absolute atomic E-state index is 12.9. The highest BCUT2D eigenvalue weighted by Gasteiger charge is 2.30. The molecule has 2 amide bonds. The Morgan fingerprint density at radius 1 is 1.03 bits per heavy atom. The second-order valence-corrected chi connectivity index (χ2v) is 8.81. The number of nitrogens with one attached hydrogen (secondary N) is 2. The number of ether oxygens (including phenoxy) is 2. The van der Waals surface area contributed by atoms with Crippen molar-refractivity contribution in [3.8, 4) is 11.3 Å². The second-order valence-electron chi connectivity index (χ2n) is 8.81. The van der Waals surface area contributed by atoms with Crippen molar-refractivity contribution in [2.45, 2.75) is 26.1 Å². The van der Waals surface area contributed by atoms with Crippen LogP contribution in [0.15, 0.2) is 48.9 Å². The van der Waals surface area contributed by atoms with Crippen LogP contribution in [0.25, 0.3) is 11.3 Å². The predicted molar refractivity (Wildman–Crippen MR) is 140 cm³/mol. The van der Waals surface area contributed by atoms with Gasteiger partial charge in [-0.15, -0.1) is 0 Å². The van der Waals surface area contributed by atoms with Gasteiger partial charge in [0.15, 0.2) is 0 Å². The Hall–Kier alpha value is -3.90. The van der Waals surface area contributed by atoms with E-state index in [0.717, 1.165) is 12.1 Å². The lowest BCUT2D eigenvalue weighted by Gasteiger charge is -2.18. The van der Waals surface area contributed by atoms with Crippen molar-refractivity contribution in [1.82, 2.24) is 14.9 Å². The average molecular weight is 548 g/mol. The molecule has 39 heavy (non-hydrogen) atoms. The number of imidazole rings is 1. The summed E-state index contributed by atoms with van der Waals surface area (Å²) >= 11 is 0. The van der Waals surface area contributed by atoms with Crippen LogP contribution in [-0.2, 0) is 40.5 Å². The number of primary amides is 1. The lowest BCUT2D eigenvalue weighted by atomic mass is 9.94. The molecule has 1 heterocycles. The minimum atomic E-state index is -4.40. The van der Waals surface area contributed by atoms with E-state index in [4.69, 9.17) is 15.2 Å². The van der Waals surface area contributed by atoms with Crippen LogP contribution < -0.4 is 16.4 Å². The summed E-state index contributed by atoms with van der Waals surface area (Å²) in [7, 11) is 1.82. The molecule has 0 atom stereocenters. The summed E-state index contributed by atoms with van der Waals surface area (Å²) in [5.41, 5.74) is 8.50. The lowest BCUT2D eigenvalue weighted by Crippen LogP contribution is -2.25. The predicted octanol–water partition coefficient (Wildman–Crippen LogP) is 3.53. The van der Waals surface area contributed by atoms with Gasteiger partial charge >= 0.3 is 6.18 Å². The normalized spacial score (nSPS) is 11.4. The Balaban J connectivity index is 1.75. The van der Waals surface area contributed by atoms with Crippen molar-refractivity contribution in [2.75, 3.05) is 38.3 Å². The molecule has 0 aliphatic carbocycles. The highest BCUT2D eigenvalue weighted by Crippen LogP contribution is 2.34. The molecule has 0 fully saturated rings. The second kappa shape index (κ2) is 13.8. The lowest BCUT2D eigenvalue weighted by molar-refractivity contribution is -0.137. The fourth-order valence-corrected chi connectivity index (χ4v) is 3.92. The number of halogens is 3. The number of carbonyl (C=O) groups is 2. The first-order valence-electron chi connectivity index (χ1n) is 12.3. The molecule has 0 radical (unpaired) electrons. The molecule has 0 unspecified atom stereocenters. The maximum Gasteiger partial charge on any atom is 0.416 e. The Labute approximate surface area is 224 Å². The van der Waals surface area contributed by atoms with Crippen LogP contribution in [0.5, 0.6) is 0 Å². The van der Waals surface area contributed by atoms with E-state index in [9.17, 15) is 22.8 Å². The van der Waals surface area contributed by atoms with Crippen molar-refractivity contribution in [1.29, 1.82) is 0 Å². The van der Waals surface area contributed by atoms with Crippen molar-refractivity contribution < 1.29 is 32.2 Å². The van der Waals surface area contributed by atoms with E-state index in [1.807, 2.05) is 7.05 Å². The fourth-order valence-electron chi connectivity index (χ4n) is 3.92. The largest absolute Gasteiger partial charge is 0.416 e. The van der Waals surface area contributed by atoms with Gasteiger partial charge in [0.2, 0.25) is 11.8 Å². The molecular formula is C27H32F3N5O4. The van der Waals surface area contributed by atoms with Gasteiger partial charge in [-0.2, -0.15) is 13.2 Å². The van der Waals surface area contributed by atoms with Crippen LogP contribution in [-0.4, -0.2) is 54.3 Å². The third kappa shape index (κ3) is 8.82. The first-order chi connectivity index (χ1) is 18.6. The standard InChI is InChI=1S/C27H32F3N5O4/c1-18(36)32-10-12-39-14-13-38-11-9-21-22(26(31)37)7-8-23(25(21)24-16-35(2)17-34-24)33-15-19-3-5-20(6-4-19)27(28,29)30/h3-8,16-17,33H,9-15H2,1-2H3,(H2,31,37)(H,32,36). The van der Waals surface area contributed by atoms with Crippen molar-refractivity contribution in [3.63, 3.8) is 0 Å². The van der Waals surface area contributed by atoms with E-state index in [2.05, 4.69) is 15.6 Å². The number of aromatic nitrogens is 2. The summed E-state index contributed by atoms with van der Waals surface area (Å²) in [5.74, 6) is -0.724. The van der Waals surface area contributed by atoms with Crippen molar-refractivity contribution in [3.05, 3.63) is 71.2 Å². The van der Waals surface area contributed by atoms with Crippen LogP contribution in [0.2, 0.25) is 0 Å². The Bertz CT molecular complexity index is 1260. The molecule has 210 valence electrons. The maximum atomic E-state index is 12.9. The highest BCUT2D eigenvalue weighted by molar-refractivity contribution is 5.98. The molecule has 0 saturated carbocycles. The molecule has 3 rings (SSSR count). The number of carbonyl (C=O) groups excluding carboxylic acids is 2. The van der Waals surface area contributed by atoms with Gasteiger partial charge in [0, 0.05) is 50.1 Å². The van der Waals surface area contributed by atoms with E-state index < -0.39 is 17.6 Å². The van der Waals surface area contributed by atoms with Crippen molar-refractivity contribution >= 4 is 17.5 Å². The van der Waals surface area contributed by atoms with Crippen LogP contribution in [0.4, 0.5) is 18.9 Å². The summed E-state index contributed by atoms with van der Waals surface area (Å²) in [6.07, 6.45) is -0.619. The number of alkyl halides is 3. The Kier molecular flexibility index (Phi) is 10.5. The molecule has 12 heteroatoms. The summed E-state index contributed by atoms with van der Waals surface area (Å²) in [4.78, 5) is 27.6. The number of anilines is 1. The van der Waals surface area contributed by atoms with E-state index in [0.29, 0.717) is 66.4 Å². The van der Waals surface area contributed by atoms with Gasteiger partial charge in [-0.25, -0.2) is 4.98 Å². The van der Waals surface area contributed by atoms with Crippen LogP contribution in [0, 0.1) is 0 Å². The van der Waals surface area contributed by atoms with Crippen LogP contribution in [0.1, 0.15) is 34.0 Å². The third-order valence-corrected chi connectivity index (χ3v) is 5.79. The van der Waals surface area contributed by atoms with E-state index >= 15 is 0 Å². The first-order valence-corrected chi connectivity index (χ1v) is 12.3. The molecule has 0 aliphatic heterocycles. The zero-order chi connectivity index (χ0) is 28.4. The summed E-state index contributed by atoms with van der Waals surface area (Å²) in [6, 6.07) is 8.24. The minimum Gasteiger partial charge on any atom is -0.380 e. The number of hydrogen-bond acceptors (Lipinski definition) is 6. The van der Waals surface area contributed by atoms with Gasteiger partial charge in [-0.1, -0.05) is 12.1 Å². The first kappa shape index (κ1) is 29.7. The monoisotopic (exact) mass is 547 g/mol. The number of hydrogen-bond donors (Lipinski definition) is 3. The molecule has 4 N–H and O–H groups in total. The highest BCUT2D eigenvalue weighted by atomic mass is 19.4. The molecule has 9 nitrogen and oxygen atoms in total. The summed E-state index contributed by atoms with van der Waals surface area (Å²) in [5, 5.41) is 5.90. The molecule has 0 bridgehead atoms. The van der Waals surface area contributed by atoms with Gasteiger partial charge in [0.1, 0.15) is 0 Å². The number of nitrogens with two attached hydrogens (primary N) is 1. The topological polar surface area (TPSA) is 121 Å². The summed E-state index contributed by atoms with van der Waals surface area (Å²) in [6.45, 7) is 3.39. The molecule has 2 aromatic carbocycles. The van der Waals surface area contributed by atoms with Crippen molar-refractivity contribution in [2.24, 2.45) is 12.8 Å². The van der Waals surface area contributed by atoms with E-state index in [1.165, 1.54) is 19.1 Å². The third-order valence-electron chi connectivity index (χ3n) is 5.79. The summed E-state index contributed by atoms with van der Waals surface area (Å²) < 4.78 is 51.6. The number of aryl methyl sites for hydroxylation is 1. The zero-order valence-corrected chi connectivity index (χ0v) is 21.8.